The zero-order valence-electron chi connectivity index (χ0n) is 10.1. The first-order valence-corrected chi connectivity index (χ1v) is 6.72. The van der Waals surface area contributed by atoms with Gasteiger partial charge in [-0.25, -0.2) is 0 Å². The molecule has 1 saturated carbocycles. The number of nitrogens with zero attached hydrogens (tertiary/aromatic N) is 1. The van der Waals surface area contributed by atoms with E-state index in [1.54, 1.807) is 0 Å². The van der Waals surface area contributed by atoms with Gasteiger partial charge < -0.3 is 10.6 Å². The van der Waals surface area contributed by atoms with Crippen LogP contribution >= 0.6 is 0 Å². The van der Waals surface area contributed by atoms with E-state index in [0.717, 1.165) is 18.4 Å². The van der Waals surface area contributed by atoms with Crippen molar-refractivity contribution in [3.63, 3.8) is 0 Å². The second-order valence-electron chi connectivity index (χ2n) is 5.80. The number of piperidine rings is 1. The molecule has 0 spiro atoms. The number of hydrogen-bond acceptors (Lipinski definition) is 2. The molecule has 88 valence electrons. The molecule has 2 fully saturated rings. The van der Waals surface area contributed by atoms with Gasteiger partial charge in [0.15, 0.2) is 0 Å². The normalized spacial score (nSPS) is 39.2. The third-order valence-corrected chi connectivity index (χ3v) is 4.10. The summed E-state index contributed by atoms with van der Waals surface area (Å²) in [5, 5.41) is 0. The van der Waals surface area contributed by atoms with Crippen molar-refractivity contribution in [2.45, 2.75) is 51.5 Å². The smallest absolute Gasteiger partial charge is 0.0168 e. The van der Waals surface area contributed by atoms with Gasteiger partial charge in [0.25, 0.3) is 0 Å². The average molecular weight is 210 g/mol. The van der Waals surface area contributed by atoms with E-state index < -0.39 is 0 Å². The van der Waals surface area contributed by atoms with Crippen molar-refractivity contribution in [3.05, 3.63) is 0 Å². The highest BCUT2D eigenvalue weighted by Gasteiger charge is 2.23. The van der Waals surface area contributed by atoms with Crippen molar-refractivity contribution in [1.29, 1.82) is 0 Å². The Morgan fingerprint density at radius 2 is 2.07 bits per heavy atom. The first kappa shape index (κ1) is 11.4. The van der Waals surface area contributed by atoms with E-state index in [-0.39, 0.29) is 0 Å². The highest BCUT2D eigenvalue weighted by Crippen LogP contribution is 2.29. The van der Waals surface area contributed by atoms with Crippen molar-refractivity contribution in [2.75, 3.05) is 19.6 Å². The average Bonchev–Trinajstić information content (AvgIpc) is 2.17. The third kappa shape index (κ3) is 3.46. The van der Waals surface area contributed by atoms with Crippen LogP contribution in [0.15, 0.2) is 0 Å². The largest absolute Gasteiger partial charge is 0.327 e. The summed E-state index contributed by atoms with van der Waals surface area (Å²) >= 11 is 0. The Balaban J connectivity index is 1.75. The van der Waals surface area contributed by atoms with E-state index in [0.29, 0.717) is 6.04 Å². The van der Waals surface area contributed by atoms with E-state index in [2.05, 4.69) is 11.8 Å². The van der Waals surface area contributed by atoms with Crippen LogP contribution in [-0.2, 0) is 0 Å². The number of rotatable bonds is 2. The van der Waals surface area contributed by atoms with E-state index >= 15 is 0 Å². The lowest BCUT2D eigenvalue weighted by Gasteiger charge is -2.36. The van der Waals surface area contributed by atoms with Gasteiger partial charge in [-0.15, -0.1) is 0 Å². The molecule has 0 aromatic rings. The molecule has 2 N–H and O–H groups in total. The minimum absolute atomic E-state index is 0.444. The topological polar surface area (TPSA) is 29.3 Å². The first-order chi connectivity index (χ1) is 7.24. The van der Waals surface area contributed by atoms with Crippen LogP contribution in [0.5, 0.6) is 0 Å². The molecule has 15 heavy (non-hydrogen) atoms. The minimum Gasteiger partial charge on any atom is -0.327 e. The Bertz CT molecular complexity index is 173. The van der Waals surface area contributed by atoms with Gasteiger partial charge in [0.2, 0.25) is 0 Å². The Kier molecular flexibility index (Phi) is 4.04. The van der Waals surface area contributed by atoms with Crippen LogP contribution in [0, 0.1) is 11.8 Å². The summed E-state index contributed by atoms with van der Waals surface area (Å²) in [5.41, 5.74) is 6.02. The second-order valence-corrected chi connectivity index (χ2v) is 5.80. The van der Waals surface area contributed by atoms with E-state index in [1.165, 1.54) is 51.6 Å². The molecule has 2 rings (SSSR count). The van der Waals surface area contributed by atoms with Crippen molar-refractivity contribution >= 4 is 0 Å². The van der Waals surface area contributed by atoms with Crippen molar-refractivity contribution in [2.24, 2.45) is 17.6 Å². The summed E-state index contributed by atoms with van der Waals surface area (Å²) < 4.78 is 0. The van der Waals surface area contributed by atoms with Crippen LogP contribution < -0.4 is 5.73 Å². The fraction of sp³-hybridized carbons (Fsp3) is 1.00. The highest BCUT2D eigenvalue weighted by atomic mass is 15.1. The molecule has 1 saturated heterocycles. The third-order valence-electron chi connectivity index (χ3n) is 4.10. The van der Waals surface area contributed by atoms with Gasteiger partial charge in [0, 0.05) is 19.1 Å². The summed E-state index contributed by atoms with van der Waals surface area (Å²) in [5.74, 6) is 1.92. The number of likely N-dealkylation sites (tertiary alicyclic amines) is 1. The standard InChI is InChI=1S/C13H26N2/c1-11-4-2-5-12(8-11)9-15-7-3-6-13(14)10-15/h11-13H,2-10,14H2,1H3. The highest BCUT2D eigenvalue weighted by molar-refractivity contribution is 4.79. The van der Waals surface area contributed by atoms with Crippen LogP contribution in [0.1, 0.15) is 45.4 Å². The summed E-state index contributed by atoms with van der Waals surface area (Å²) in [7, 11) is 0. The molecule has 1 aliphatic heterocycles. The van der Waals surface area contributed by atoms with Crippen LogP contribution in [0.4, 0.5) is 0 Å². The predicted octanol–water partition coefficient (Wildman–Crippen LogP) is 2.24. The summed E-state index contributed by atoms with van der Waals surface area (Å²) in [6.07, 6.45) is 8.35. The van der Waals surface area contributed by atoms with E-state index in [9.17, 15) is 0 Å². The van der Waals surface area contributed by atoms with Crippen molar-refractivity contribution in [3.8, 4) is 0 Å². The predicted molar refractivity (Wildman–Crippen MR) is 64.8 cm³/mol. The van der Waals surface area contributed by atoms with Gasteiger partial charge in [0.05, 0.1) is 0 Å². The van der Waals surface area contributed by atoms with Crippen molar-refractivity contribution in [1.82, 2.24) is 4.90 Å². The zero-order chi connectivity index (χ0) is 10.7. The molecule has 0 aromatic carbocycles. The maximum Gasteiger partial charge on any atom is 0.0168 e. The number of nitrogens with two attached hydrogens (primary N) is 1. The molecule has 3 atom stereocenters. The van der Waals surface area contributed by atoms with Gasteiger partial charge in [0.1, 0.15) is 0 Å². The molecule has 3 unspecified atom stereocenters. The Morgan fingerprint density at radius 1 is 1.20 bits per heavy atom. The van der Waals surface area contributed by atoms with E-state index in [1.807, 2.05) is 0 Å². The molecule has 0 amide bonds. The Hall–Kier alpha value is -0.0800. The summed E-state index contributed by atoms with van der Waals surface area (Å²) in [6.45, 7) is 6.16. The fourth-order valence-corrected chi connectivity index (χ4v) is 3.35. The van der Waals surface area contributed by atoms with Crippen LogP contribution in [-0.4, -0.2) is 30.6 Å². The molecular formula is C13H26N2. The molecule has 2 aliphatic rings. The molecule has 0 bridgehead atoms. The maximum absolute atomic E-state index is 6.02. The van der Waals surface area contributed by atoms with Crippen LogP contribution in [0.2, 0.25) is 0 Å². The fourth-order valence-electron chi connectivity index (χ4n) is 3.35. The molecular weight excluding hydrogens is 184 g/mol. The molecule has 2 nitrogen and oxygen atoms in total. The Labute approximate surface area is 94.2 Å². The molecule has 0 radical (unpaired) electrons. The minimum atomic E-state index is 0.444. The Morgan fingerprint density at radius 3 is 2.80 bits per heavy atom. The van der Waals surface area contributed by atoms with Gasteiger partial charge in [-0.3, -0.25) is 0 Å². The van der Waals surface area contributed by atoms with Gasteiger partial charge in [-0.05, 0) is 44.1 Å². The second kappa shape index (κ2) is 5.31. The monoisotopic (exact) mass is 210 g/mol. The van der Waals surface area contributed by atoms with Crippen molar-refractivity contribution < 1.29 is 0 Å². The number of hydrogen-bond donors (Lipinski definition) is 1. The van der Waals surface area contributed by atoms with Gasteiger partial charge in [-0.1, -0.05) is 19.8 Å². The lowest BCUT2D eigenvalue weighted by Crippen LogP contribution is -2.45. The maximum atomic E-state index is 6.02. The van der Waals surface area contributed by atoms with Gasteiger partial charge in [-0.2, -0.15) is 0 Å². The zero-order valence-corrected chi connectivity index (χ0v) is 10.1. The lowest BCUT2D eigenvalue weighted by molar-refractivity contribution is 0.148. The van der Waals surface area contributed by atoms with Gasteiger partial charge >= 0.3 is 0 Å². The quantitative estimate of drug-likeness (QED) is 0.757. The molecule has 1 aliphatic carbocycles. The first-order valence-electron chi connectivity index (χ1n) is 6.72. The van der Waals surface area contributed by atoms with Crippen LogP contribution in [0.3, 0.4) is 0 Å². The molecule has 1 heterocycles. The molecule has 0 aromatic heterocycles. The molecule has 2 heteroatoms. The van der Waals surface area contributed by atoms with Crippen LogP contribution in [0.25, 0.3) is 0 Å². The summed E-state index contributed by atoms with van der Waals surface area (Å²) in [6, 6.07) is 0.444. The SMILES string of the molecule is CC1CCCC(CN2CCCC(N)C2)C1. The lowest BCUT2D eigenvalue weighted by atomic mass is 9.82. The summed E-state index contributed by atoms with van der Waals surface area (Å²) in [4.78, 5) is 2.61. The van der Waals surface area contributed by atoms with E-state index in [4.69, 9.17) is 5.73 Å².